The van der Waals surface area contributed by atoms with Crippen LogP contribution in [0.2, 0.25) is 0 Å². The summed E-state index contributed by atoms with van der Waals surface area (Å²) in [6.45, 7) is 0. The van der Waals surface area contributed by atoms with E-state index in [9.17, 15) is 4.79 Å². The maximum atomic E-state index is 12.5. The van der Waals surface area contributed by atoms with Crippen molar-refractivity contribution in [1.29, 1.82) is 0 Å². The number of amides is 1. The van der Waals surface area contributed by atoms with Crippen LogP contribution >= 0.6 is 11.3 Å². The molecular formula is C23H20N2O3S. The molecule has 0 bridgehead atoms. The Hall–Kier alpha value is -3.38. The van der Waals surface area contributed by atoms with Gasteiger partial charge in [-0.05, 0) is 35.9 Å². The number of nitrogens with zero attached hydrogens (tertiary/aromatic N) is 1. The third-order valence-corrected chi connectivity index (χ3v) is 5.33. The fraction of sp³-hybridized carbons (Fsp3) is 0.130. The first-order chi connectivity index (χ1) is 14.2. The predicted octanol–water partition coefficient (Wildman–Crippen LogP) is 5.18. The molecule has 2 aromatic carbocycles. The molecule has 2 aromatic heterocycles. The minimum Gasteiger partial charge on any atom is -0.496 e. The topological polar surface area (TPSA) is 64.4 Å². The first-order valence-electron chi connectivity index (χ1n) is 9.20. The normalized spacial score (nSPS) is 10.7. The van der Waals surface area contributed by atoms with E-state index in [-0.39, 0.29) is 12.3 Å². The zero-order valence-corrected chi connectivity index (χ0v) is 16.7. The maximum Gasteiger partial charge on any atom is 0.230 e. The van der Waals surface area contributed by atoms with Gasteiger partial charge < -0.3 is 14.5 Å². The molecule has 2 heterocycles. The summed E-state index contributed by atoms with van der Waals surface area (Å²) in [7, 11) is 1.65. The van der Waals surface area contributed by atoms with Crippen molar-refractivity contribution in [3.63, 3.8) is 0 Å². The fourth-order valence-corrected chi connectivity index (χ4v) is 3.87. The highest BCUT2D eigenvalue weighted by Crippen LogP contribution is 2.26. The van der Waals surface area contributed by atoms with Crippen molar-refractivity contribution < 1.29 is 13.9 Å². The molecule has 0 aliphatic carbocycles. The molecule has 29 heavy (non-hydrogen) atoms. The number of hydrogen-bond donors (Lipinski definition) is 1. The number of anilines is 1. The number of carbonyl (C=O) groups is 1. The molecule has 0 aliphatic rings. The third kappa shape index (κ3) is 4.73. The average molecular weight is 404 g/mol. The standard InChI is InChI=1S/C23H20N2O3S/c1-27-20-10-9-18(13-17(20)12-16-6-3-2-4-7-16)24-22(26)14-19-15-29-23(25-19)21-8-5-11-28-21/h2-11,13,15H,12,14H2,1H3,(H,24,26). The van der Waals surface area contributed by atoms with Crippen molar-refractivity contribution in [2.24, 2.45) is 0 Å². The lowest BCUT2D eigenvalue weighted by atomic mass is 10.0. The number of hydrogen-bond acceptors (Lipinski definition) is 5. The summed E-state index contributed by atoms with van der Waals surface area (Å²) in [5, 5.41) is 5.61. The molecule has 0 unspecified atom stereocenters. The molecule has 6 heteroatoms. The summed E-state index contributed by atoms with van der Waals surface area (Å²) >= 11 is 1.46. The highest BCUT2D eigenvalue weighted by Gasteiger charge is 2.12. The van der Waals surface area contributed by atoms with Crippen LogP contribution in [0.25, 0.3) is 10.8 Å². The number of rotatable bonds is 7. The lowest BCUT2D eigenvalue weighted by Gasteiger charge is -2.12. The maximum absolute atomic E-state index is 12.5. The smallest absolute Gasteiger partial charge is 0.230 e. The lowest BCUT2D eigenvalue weighted by molar-refractivity contribution is -0.115. The van der Waals surface area contributed by atoms with Crippen LogP contribution in [-0.2, 0) is 17.6 Å². The Labute approximate surface area is 173 Å². The number of thiazole rings is 1. The van der Waals surface area contributed by atoms with Gasteiger partial charge >= 0.3 is 0 Å². The Morgan fingerprint density at radius 2 is 2.00 bits per heavy atom. The molecule has 0 spiro atoms. The Morgan fingerprint density at radius 1 is 1.14 bits per heavy atom. The highest BCUT2D eigenvalue weighted by atomic mass is 32.1. The van der Waals surface area contributed by atoms with E-state index < -0.39 is 0 Å². The number of benzene rings is 2. The van der Waals surface area contributed by atoms with E-state index in [1.165, 1.54) is 16.9 Å². The van der Waals surface area contributed by atoms with Crippen LogP contribution in [0, 0.1) is 0 Å². The largest absolute Gasteiger partial charge is 0.496 e. The summed E-state index contributed by atoms with van der Waals surface area (Å²) in [6.07, 6.45) is 2.55. The van der Waals surface area contributed by atoms with Crippen molar-refractivity contribution in [3.8, 4) is 16.5 Å². The molecule has 5 nitrogen and oxygen atoms in total. The van der Waals surface area contributed by atoms with Crippen molar-refractivity contribution in [3.05, 3.63) is 89.1 Å². The molecule has 0 aliphatic heterocycles. The van der Waals surface area contributed by atoms with Gasteiger partial charge in [0.2, 0.25) is 5.91 Å². The van der Waals surface area contributed by atoms with Gasteiger partial charge in [0.05, 0.1) is 25.5 Å². The second-order valence-corrected chi connectivity index (χ2v) is 7.39. The number of aromatic nitrogens is 1. The van der Waals surface area contributed by atoms with Crippen LogP contribution < -0.4 is 10.1 Å². The summed E-state index contributed by atoms with van der Waals surface area (Å²) in [5.41, 5.74) is 3.66. The number of ether oxygens (including phenoxy) is 1. The van der Waals surface area contributed by atoms with Crippen LogP contribution in [0.3, 0.4) is 0 Å². The van der Waals surface area contributed by atoms with Gasteiger partial charge in [0, 0.05) is 23.1 Å². The first-order valence-corrected chi connectivity index (χ1v) is 10.1. The minimum atomic E-state index is -0.114. The summed E-state index contributed by atoms with van der Waals surface area (Å²) in [5.74, 6) is 1.40. The molecule has 0 saturated heterocycles. The van der Waals surface area contributed by atoms with Gasteiger partial charge in [-0.15, -0.1) is 11.3 Å². The Balaban J connectivity index is 1.44. The Bertz CT molecular complexity index is 1090. The molecule has 146 valence electrons. The molecule has 4 aromatic rings. The first kappa shape index (κ1) is 19.0. The second-order valence-electron chi connectivity index (χ2n) is 6.54. The van der Waals surface area contributed by atoms with Crippen molar-refractivity contribution in [2.45, 2.75) is 12.8 Å². The van der Waals surface area contributed by atoms with E-state index in [0.717, 1.165) is 34.1 Å². The lowest BCUT2D eigenvalue weighted by Crippen LogP contribution is -2.14. The summed E-state index contributed by atoms with van der Waals surface area (Å²) in [4.78, 5) is 17.0. The SMILES string of the molecule is COc1ccc(NC(=O)Cc2csc(-c3ccco3)n2)cc1Cc1ccccc1. The number of furan rings is 1. The average Bonchev–Trinajstić information content (AvgIpc) is 3.41. The van der Waals surface area contributed by atoms with Gasteiger partial charge in [-0.25, -0.2) is 4.98 Å². The second kappa shape index (κ2) is 8.75. The van der Waals surface area contributed by atoms with Crippen molar-refractivity contribution in [2.75, 3.05) is 12.4 Å². The van der Waals surface area contributed by atoms with Crippen molar-refractivity contribution >= 4 is 22.9 Å². The molecule has 4 rings (SSSR count). The predicted molar refractivity (Wildman–Crippen MR) is 114 cm³/mol. The van der Waals surface area contributed by atoms with Gasteiger partial charge in [0.15, 0.2) is 10.8 Å². The van der Waals surface area contributed by atoms with Crippen LogP contribution in [-0.4, -0.2) is 18.0 Å². The zero-order chi connectivity index (χ0) is 20.1. The van der Waals surface area contributed by atoms with Crippen LogP contribution in [0.1, 0.15) is 16.8 Å². The van der Waals surface area contributed by atoms with Gasteiger partial charge in [-0.1, -0.05) is 30.3 Å². The monoisotopic (exact) mass is 404 g/mol. The Kier molecular flexibility index (Phi) is 5.72. The van der Waals surface area contributed by atoms with E-state index >= 15 is 0 Å². The Morgan fingerprint density at radius 3 is 2.76 bits per heavy atom. The van der Waals surface area contributed by atoms with E-state index in [2.05, 4.69) is 22.4 Å². The quantitative estimate of drug-likeness (QED) is 0.461. The molecule has 0 fully saturated rings. The van der Waals surface area contributed by atoms with Crippen molar-refractivity contribution in [1.82, 2.24) is 4.98 Å². The molecule has 0 radical (unpaired) electrons. The fourth-order valence-electron chi connectivity index (χ4n) is 3.08. The van der Waals surface area contributed by atoms with E-state index in [1.807, 2.05) is 53.9 Å². The van der Waals surface area contributed by atoms with E-state index in [4.69, 9.17) is 9.15 Å². The van der Waals surface area contributed by atoms with Gasteiger partial charge in [0.25, 0.3) is 0 Å². The number of nitrogens with one attached hydrogen (secondary N) is 1. The van der Waals surface area contributed by atoms with Gasteiger partial charge in [-0.3, -0.25) is 4.79 Å². The summed E-state index contributed by atoms with van der Waals surface area (Å²) < 4.78 is 10.8. The summed E-state index contributed by atoms with van der Waals surface area (Å²) in [6, 6.07) is 19.5. The van der Waals surface area contributed by atoms with E-state index in [1.54, 1.807) is 13.4 Å². The number of methoxy groups -OCH3 is 1. The van der Waals surface area contributed by atoms with Crippen LogP contribution in [0.15, 0.2) is 76.7 Å². The number of carbonyl (C=O) groups excluding carboxylic acids is 1. The van der Waals surface area contributed by atoms with Crippen LogP contribution in [0.5, 0.6) is 5.75 Å². The molecule has 1 N–H and O–H groups in total. The molecule has 0 saturated carbocycles. The molecule has 0 atom stereocenters. The highest BCUT2D eigenvalue weighted by molar-refractivity contribution is 7.13. The van der Waals surface area contributed by atoms with Gasteiger partial charge in [0.1, 0.15) is 5.75 Å². The van der Waals surface area contributed by atoms with Crippen LogP contribution in [0.4, 0.5) is 5.69 Å². The molecule has 1 amide bonds. The van der Waals surface area contributed by atoms with Gasteiger partial charge in [-0.2, -0.15) is 0 Å². The minimum absolute atomic E-state index is 0.114. The molecular weight excluding hydrogens is 384 g/mol. The van der Waals surface area contributed by atoms with E-state index in [0.29, 0.717) is 5.76 Å². The third-order valence-electron chi connectivity index (χ3n) is 4.43. The zero-order valence-electron chi connectivity index (χ0n) is 15.9.